The maximum Gasteiger partial charge on any atom is 0.268 e. The van der Waals surface area contributed by atoms with Gasteiger partial charge in [-0.05, 0) is 0 Å². The summed E-state index contributed by atoms with van der Waals surface area (Å²) < 4.78 is 1.89. The van der Waals surface area contributed by atoms with Gasteiger partial charge in [-0.15, -0.1) is 0 Å². The first kappa shape index (κ1) is 11.8. The van der Waals surface area contributed by atoms with Crippen LogP contribution in [-0.2, 0) is 6.54 Å². The van der Waals surface area contributed by atoms with Crippen LogP contribution < -0.4 is 4.57 Å². The van der Waals surface area contributed by atoms with E-state index < -0.39 is 0 Å². The van der Waals surface area contributed by atoms with Gasteiger partial charge >= 0.3 is 0 Å². The summed E-state index contributed by atoms with van der Waals surface area (Å²) >= 11 is 4.01. The monoisotopic (exact) mass is 245 g/mol. The maximum absolute atomic E-state index is 11.7. The number of nitrogens with zero attached hydrogens (tertiary/aromatic N) is 2. The van der Waals surface area contributed by atoms with E-state index in [1.165, 1.54) is 0 Å². The van der Waals surface area contributed by atoms with Crippen LogP contribution in [0.3, 0.4) is 0 Å². The molecule has 0 aliphatic heterocycles. The van der Waals surface area contributed by atoms with Crippen molar-refractivity contribution < 1.29 is 9.36 Å². The summed E-state index contributed by atoms with van der Waals surface area (Å²) in [6, 6.07) is 10.00. The van der Waals surface area contributed by atoms with Gasteiger partial charge in [0.2, 0.25) is 5.78 Å². The fourth-order valence-corrected chi connectivity index (χ4v) is 1.78. The molecule has 0 aliphatic carbocycles. The number of hydrogen-bond acceptors (Lipinski definition) is 3. The van der Waals surface area contributed by atoms with Crippen LogP contribution >= 0.6 is 12.6 Å². The molecule has 0 radical (unpaired) electrons. The van der Waals surface area contributed by atoms with Crippen molar-refractivity contribution in [3.8, 4) is 0 Å². The molecule has 4 heteroatoms. The number of ketones is 1. The van der Waals surface area contributed by atoms with Crippen LogP contribution in [0.25, 0.3) is 0 Å². The molecule has 1 aromatic carbocycles. The molecule has 2 aromatic rings. The van der Waals surface area contributed by atoms with Crippen LogP contribution in [0, 0.1) is 0 Å². The molecule has 17 heavy (non-hydrogen) atoms. The zero-order valence-corrected chi connectivity index (χ0v) is 10.2. The fraction of sp³-hybridized carbons (Fsp3) is 0.154. The zero-order chi connectivity index (χ0) is 12.1. The minimum Gasteiger partial charge on any atom is -0.286 e. The van der Waals surface area contributed by atoms with Crippen LogP contribution in [0.2, 0.25) is 0 Å². The van der Waals surface area contributed by atoms with Crippen molar-refractivity contribution in [2.24, 2.45) is 0 Å². The number of carbonyl (C=O) groups is 1. The average Bonchev–Trinajstić information content (AvgIpc) is 2.40. The van der Waals surface area contributed by atoms with Crippen molar-refractivity contribution in [3.63, 3.8) is 0 Å². The number of rotatable bonds is 4. The average molecular weight is 245 g/mol. The van der Waals surface area contributed by atoms with E-state index in [0.717, 1.165) is 5.56 Å². The third-order valence-electron chi connectivity index (χ3n) is 2.46. The molecule has 0 fully saturated rings. The van der Waals surface area contributed by atoms with Crippen LogP contribution in [0.4, 0.5) is 0 Å². The lowest BCUT2D eigenvalue weighted by Crippen LogP contribution is -2.41. The van der Waals surface area contributed by atoms with Gasteiger partial charge in [-0.1, -0.05) is 30.3 Å². The summed E-state index contributed by atoms with van der Waals surface area (Å²) in [5, 5.41) is 0. The Labute approximate surface area is 106 Å². The first-order chi connectivity index (χ1) is 8.31. The quantitative estimate of drug-likeness (QED) is 0.503. The molecule has 1 heterocycles. The van der Waals surface area contributed by atoms with Crippen LogP contribution in [0.1, 0.15) is 16.1 Å². The normalized spacial score (nSPS) is 10.2. The van der Waals surface area contributed by atoms with E-state index in [4.69, 9.17) is 0 Å². The zero-order valence-electron chi connectivity index (χ0n) is 9.28. The van der Waals surface area contributed by atoms with Gasteiger partial charge in [-0.2, -0.15) is 17.2 Å². The molecule has 0 aliphatic rings. The number of aromatic nitrogens is 2. The number of thiol groups is 1. The highest BCUT2D eigenvalue weighted by Crippen LogP contribution is 2.00. The SMILES string of the molecule is O=C(CS)c1cncc[n+]1Cc1ccccc1. The van der Waals surface area contributed by atoms with E-state index in [-0.39, 0.29) is 11.5 Å². The molecule has 0 bridgehead atoms. The Morgan fingerprint density at radius 1 is 1.29 bits per heavy atom. The molecule has 86 valence electrons. The number of benzene rings is 1. The van der Waals surface area contributed by atoms with Gasteiger partial charge in [0.05, 0.1) is 11.9 Å². The molecule has 0 spiro atoms. The van der Waals surface area contributed by atoms with Crippen molar-refractivity contribution >= 4 is 18.4 Å². The maximum atomic E-state index is 11.7. The molecule has 0 N–H and O–H groups in total. The molecule has 0 unspecified atom stereocenters. The van der Waals surface area contributed by atoms with Gasteiger partial charge < -0.3 is 0 Å². The summed E-state index contributed by atoms with van der Waals surface area (Å²) in [5.74, 6) is 0.179. The van der Waals surface area contributed by atoms with Crippen molar-refractivity contribution in [3.05, 3.63) is 60.2 Å². The van der Waals surface area contributed by atoms with Crippen LogP contribution in [0.15, 0.2) is 48.9 Å². The summed E-state index contributed by atoms with van der Waals surface area (Å²) in [7, 11) is 0. The number of Topliss-reactive ketones (excluding diaryl/α,β-unsaturated/α-hetero) is 1. The van der Waals surface area contributed by atoms with Crippen molar-refractivity contribution in [2.75, 3.05) is 5.75 Å². The van der Waals surface area contributed by atoms with Gasteiger partial charge in [0.15, 0.2) is 12.7 Å². The Morgan fingerprint density at radius 3 is 2.76 bits per heavy atom. The molecular formula is C13H13N2OS+. The van der Waals surface area contributed by atoms with Gasteiger partial charge in [-0.3, -0.25) is 9.78 Å². The van der Waals surface area contributed by atoms with Crippen molar-refractivity contribution in [1.29, 1.82) is 0 Å². The largest absolute Gasteiger partial charge is 0.286 e. The Morgan fingerprint density at radius 2 is 2.06 bits per heavy atom. The molecule has 2 rings (SSSR count). The minimum absolute atomic E-state index is 0.0163. The number of hydrogen-bond donors (Lipinski definition) is 1. The summed E-state index contributed by atoms with van der Waals surface area (Å²) in [4.78, 5) is 15.7. The number of carbonyl (C=O) groups excluding carboxylic acids is 1. The highest BCUT2D eigenvalue weighted by Gasteiger charge is 2.17. The second-order valence-corrected chi connectivity index (χ2v) is 3.97. The molecule has 0 amide bonds. The van der Waals surface area contributed by atoms with Crippen molar-refractivity contribution in [2.45, 2.75) is 6.54 Å². The van der Waals surface area contributed by atoms with E-state index in [1.54, 1.807) is 12.4 Å². The third kappa shape index (κ3) is 2.91. The first-order valence-corrected chi connectivity index (χ1v) is 5.96. The molecule has 3 nitrogen and oxygen atoms in total. The lowest BCUT2D eigenvalue weighted by atomic mass is 10.2. The molecule has 1 aromatic heterocycles. The standard InChI is InChI=1S/C13H12N2OS/c16-13(10-17)12-8-14-6-7-15(12)9-11-4-2-1-3-5-11/h1-8H,9-10H2/p+1. The van der Waals surface area contributed by atoms with Gasteiger partial charge in [-0.25, -0.2) is 0 Å². The smallest absolute Gasteiger partial charge is 0.268 e. The molecule has 0 saturated heterocycles. The van der Waals surface area contributed by atoms with E-state index >= 15 is 0 Å². The van der Waals surface area contributed by atoms with E-state index in [0.29, 0.717) is 12.2 Å². The van der Waals surface area contributed by atoms with Gasteiger partial charge in [0.1, 0.15) is 6.20 Å². The lowest BCUT2D eigenvalue weighted by Gasteiger charge is -2.01. The Kier molecular flexibility index (Phi) is 3.88. The van der Waals surface area contributed by atoms with E-state index in [1.807, 2.05) is 41.1 Å². The predicted octanol–water partition coefficient (Wildman–Crippen LogP) is 1.53. The van der Waals surface area contributed by atoms with Crippen LogP contribution in [-0.4, -0.2) is 16.5 Å². The second-order valence-electron chi connectivity index (χ2n) is 3.66. The van der Waals surface area contributed by atoms with Gasteiger partial charge in [0, 0.05) is 5.56 Å². The predicted molar refractivity (Wildman–Crippen MR) is 68.2 cm³/mol. The highest BCUT2D eigenvalue weighted by atomic mass is 32.1. The third-order valence-corrected chi connectivity index (χ3v) is 2.75. The lowest BCUT2D eigenvalue weighted by molar-refractivity contribution is -0.690. The summed E-state index contributed by atoms with van der Waals surface area (Å²) in [5.41, 5.74) is 1.74. The van der Waals surface area contributed by atoms with E-state index in [9.17, 15) is 4.79 Å². The topological polar surface area (TPSA) is 33.8 Å². The minimum atomic E-state index is -0.0163. The Hall–Kier alpha value is -1.68. The summed E-state index contributed by atoms with van der Waals surface area (Å²) in [6.45, 7) is 0.665. The highest BCUT2D eigenvalue weighted by molar-refractivity contribution is 7.81. The molecular weight excluding hydrogens is 232 g/mol. The van der Waals surface area contributed by atoms with Gasteiger partial charge in [0.25, 0.3) is 5.69 Å². The Bertz CT molecular complexity index is 514. The fourth-order valence-electron chi connectivity index (χ4n) is 1.62. The second kappa shape index (κ2) is 5.59. The van der Waals surface area contributed by atoms with Crippen molar-refractivity contribution in [1.82, 2.24) is 4.98 Å². The molecule has 0 atom stereocenters. The Balaban J connectivity index is 2.30. The van der Waals surface area contributed by atoms with E-state index in [2.05, 4.69) is 17.6 Å². The molecule has 0 saturated carbocycles. The van der Waals surface area contributed by atoms with Crippen LogP contribution in [0.5, 0.6) is 0 Å². The summed E-state index contributed by atoms with van der Waals surface area (Å²) in [6.07, 6.45) is 5.07. The first-order valence-electron chi connectivity index (χ1n) is 5.32.